The second-order valence-corrected chi connectivity index (χ2v) is 15.6. The van der Waals surface area contributed by atoms with Gasteiger partial charge in [0, 0.05) is 19.4 Å². The Hall–Kier alpha value is -1.10. The minimum atomic E-state index is 0.0100. The Morgan fingerprint density at radius 2 is 0.812 bits per heavy atom. The average Bonchev–Trinajstić information content (AvgIpc) is 3.45. The van der Waals surface area contributed by atoms with Gasteiger partial charge in [-0.15, -0.1) is 0 Å². The van der Waals surface area contributed by atoms with Crippen LogP contribution in [0.1, 0.15) is 226 Å². The van der Waals surface area contributed by atoms with Crippen LogP contribution in [0.15, 0.2) is 0 Å². The molecule has 0 amide bonds. The SMILES string of the molecule is CCCCCCCCCOC(=O)CCCCCCCCCC1(CCCCCCCCCC(=O)OCCCCCCCCC)CCN(C)C1. The molecular weight excluding hydrogens is 594 g/mol. The van der Waals surface area contributed by atoms with Gasteiger partial charge in [-0.2, -0.15) is 0 Å². The minimum Gasteiger partial charge on any atom is -0.466 e. The first-order valence-corrected chi connectivity index (χ1v) is 21.5. The first kappa shape index (κ1) is 44.9. The van der Waals surface area contributed by atoms with Gasteiger partial charge in [0.1, 0.15) is 0 Å². The van der Waals surface area contributed by atoms with Crippen molar-refractivity contribution >= 4 is 11.9 Å². The predicted molar refractivity (Wildman–Crippen MR) is 206 cm³/mol. The molecule has 0 radical (unpaired) electrons. The van der Waals surface area contributed by atoms with Gasteiger partial charge in [-0.3, -0.25) is 9.59 Å². The van der Waals surface area contributed by atoms with Gasteiger partial charge in [0.25, 0.3) is 0 Å². The highest BCUT2D eigenvalue weighted by Gasteiger charge is 2.35. The topological polar surface area (TPSA) is 55.8 Å². The van der Waals surface area contributed by atoms with Crippen molar-refractivity contribution in [1.82, 2.24) is 4.90 Å². The van der Waals surface area contributed by atoms with Crippen molar-refractivity contribution in [2.45, 2.75) is 226 Å². The molecule has 0 bridgehead atoms. The molecule has 0 aromatic heterocycles. The number of nitrogens with zero attached hydrogens (tertiary/aromatic N) is 1. The van der Waals surface area contributed by atoms with Crippen LogP contribution in [0.5, 0.6) is 0 Å². The Bertz CT molecular complexity index is 676. The summed E-state index contributed by atoms with van der Waals surface area (Å²) in [5.74, 6) is 0.0201. The fourth-order valence-electron chi connectivity index (χ4n) is 7.63. The number of likely N-dealkylation sites (tertiary alicyclic amines) is 1. The molecule has 0 aromatic carbocycles. The van der Waals surface area contributed by atoms with E-state index in [9.17, 15) is 9.59 Å². The summed E-state index contributed by atoms with van der Waals surface area (Å²) in [6, 6.07) is 0. The maximum Gasteiger partial charge on any atom is 0.305 e. The van der Waals surface area contributed by atoms with Crippen LogP contribution in [-0.4, -0.2) is 50.2 Å². The maximum absolute atomic E-state index is 12.0. The molecule has 0 atom stereocenters. The molecule has 1 saturated heterocycles. The second-order valence-electron chi connectivity index (χ2n) is 15.6. The monoisotopic (exact) mass is 678 g/mol. The highest BCUT2D eigenvalue weighted by molar-refractivity contribution is 5.69. The molecule has 5 nitrogen and oxygen atoms in total. The molecule has 1 aliphatic rings. The van der Waals surface area contributed by atoms with Gasteiger partial charge in [0.15, 0.2) is 0 Å². The van der Waals surface area contributed by atoms with E-state index in [4.69, 9.17) is 9.47 Å². The number of hydrogen-bond donors (Lipinski definition) is 0. The Labute approximate surface area is 299 Å². The van der Waals surface area contributed by atoms with Crippen molar-refractivity contribution in [1.29, 1.82) is 0 Å². The van der Waals surface area contributed by atoms with Gasteiger partial charge < -0.3 is 14.4 Å². The van der Waals surface area contributed by atoms with Crippen molar-refractivity contribution in [3.05, 3.63) is 0 Å². The summed E-state index contributed by atoms with van der Waals surface area (Å²) in [7, 11) is 2.30. The zero-order chi connectivity index (χ0) is 34.8. The number of carbonyl (C=O) groups is 2. The summed E-state index contributed by atoms with van der Waals surface area (Å²) >= 11 is 0. The van der Waals surface area contributed by atoms with Crippen LogP contribution >= 0.6 is 0 Å². The molecule has 0 aromatic rings. The van der Waals surface area contributed by atoms with Crippen LogP contribution in [0.25, 0.3) is 0 Å². The largest absolute Gasteiger partial charge is 0.466 e. The molecular formula is C43H83NO4. The Morgan fingerprint density at radius 1 is 0.479 bits per heavy atom. The predicted octanol–water partition coefficient (Wildman–Crippen LogP) is 12.9. The van der Waals surface area contributed by atoms with Crippen molar-refractivity contribution in [2.24, 2.45) is 5.41 Å². The Balaban J connectivity index is 1.95. The molecule has 48 heavy (non-hydrogen) atoms. The highest BCUT2D eigenvalue weighted by atomic mass is 16.5. The van der Waals surface area contributed by atoms with E-state index in [1.165, 1.54) is 174 Å². The highest BCUT2D eigenvalue weighted by Crippen LogP contribution is 2.40. The molecule has 5 heteroatoms. The van der Waals surface area contributed by atoms with Crippen LogP contribution < -0.4 is 0 Å². The molecule has 0 saturated carbocycles. The quantitative estimate of drug-likeness (QED) is 0.0488. The molecule has 1 heterocycles. The van der Waals surface area contributed by atoms with E-state index >= 15 is 0 Å². The third-order valence-electron chi connectivity index (χ3n) is 10.8. The summed E-state index contributed by atoms with van der Waals surface area (Å²) in [4.78, 5) is 26.5. The summed E-state index contributed by atoms with van der Waals surface area (Å²) in [6.07, 6.45) is 40.5. The zero-order valence-corrected chi connectivity index (χ0v) is 32.7. The van der Waals surface area contributed by atoms with E-state index in [0.717, 1.165) is 38.5 Å². The van der Waals surface area contributed by atoms with Gasteiger partial charge in [0.2, 0.25) is 0 Å². The van der Waals surface area contributed by atoms with E-state index in [1.807, 2.05) is 0 Å². The van der Waals surface area contributed by atoms with E-state index in [0.29, 0.717) is 31.5 Å². The van der Waals surface area contributed by atoms with Crippen LogP contribution in [0, 0.1) is 5.41 Å². The minimum absolute atomic E-state index is 0.0100. The van der Waals surface area contributed by atoms with Gasteiger partial charge in [-0.05, 0) is 64.0 Å². The zero-order valence-electron chi connectivity index (χ0n) is 32.7. The number of hydrogen-bond acceptors (Lipinski definition) is 5. The number of carbonyl (C=O) groups excluding carboxylic acids is 2. The summed E-state index contributed by atoms with van der Waals surface area (Å²) in [6.45, 7) is 8.29. The van der Waals surface area contributed by atoms with E-state index in [2.05, 4.69) is 25.8 Å². The van der Waals surface area contributed by atoms with E-state index < -0.39 is 0 Å². The van der Waals surface area contributed by atoms with Crippen LogP contribution in [0.4, 0.5) is 0 Å². The van der Waals surface area contributed by atoms with Crippen molar-refractivity contribution in [3.63, 3.8) is 0 Å². The van der Waals surface area contributed by atoms with Crippen molar-refractivity contribution in [2.75, 3.05) is 33.4 Å². The Kier molecular flexibility index (Phi) is 30.9. The summed E-state index contributed by atoms with van der Waals surface area (Å²) in [5.41, 5.74) is 0.555. The standard InChI is InChI=1S/C43H83NO4/c1-4-6-8-10-18-24-30-38-47-41(45)32-26-20-14-12-16-22-28-34-43(36-37-44(3)40-43)35-29-23-17-13-15-21-27-33-42(46)48-39-31-25-19-11-9-7-5-2/h4-40H2,1-3H3. The summed E-state index contributed by atoms with van der Waals surface area (Å²) in [5, 5.41) is 0. The number of esters is 2. The lowest BCUT2D eigenvalue weighted by Crippen LogP contribution is -2.25. The first-order valence-electron chi connectivity index (χ1n) is 21.5. The fourth-order valence-corrected chi connectivity index (χ4v) is 7.63. The molecule has 1 fully saturated rings. The normalized spacial score (nSPS) is 14.5. The van der Waals surface area contributed by atoms with Crippen molar-refractivity contribution < 1.29 is 19.1 Å². The van der Waals surface area contributed by atoms with E-state index in [1.54, 1.807) is 0 Å². The van der Waals surface area contributed by atoms with Crippen LogP contribution in [-0.2, 0) is 19.1 Å². The fraction of sp³-hybridized carbons (Fsp3) is 0.953. The maximum atomic E-state index is 12.0. The molecule has 284 valence electrons. The number of unbranched alkanes of at least 4 members (excludes halogenated alkanes) is 24. The first-order chi connectivity index (χ1) is 23.5. The lowest BCUT2D eigenvalue weighted by molar-refractivity contribution is -0.144. The molecule has 1 aliphatic heterocycles. The van der Waals surface area contributed by atoms with Gasteiger partial charge in [0.05, 0.1) is 13.2 Å². The number of rotatable bonds is 36. The average molecular weight is 678 g/mol. The van der Waals surface area contributed by atoms with Crippen molar-refractivity contribution in [3.8, 4) is 0 Å². The molecule has 0 unspecified atom stereocenters. The van der Waals surface area contributed by atoms with Gasteiger partial charge >= 0.3 is 11.9 Å². The smallest absolute Gasteiger partial charge is 0.305 e. The Morgan fingerprint density at radius 3 is 1.17 bits per heavy atom. The summed E-state index contributed by atoms with van der Waals surface area (Å²) < 4.78 is 10.9. The molecule has 0 aliphatic carbocycles. The molecule has 0 N–H and O–H groups in total. The number of ether oxygens (including phenoxy) is 2. The molecule has 0 spiro atoms. The lowest BCUT2D eigenvalue weighted by Gasteiger charge is -2.29. The lowest BCUT2D eigenvalue weighted by atomic mass is 9.77. The van der Waals surface area contributed by atoms with Crippen LogP contribution in [0.2, 0.25) is 0 Å². The molecule has 1 rings (SSSR count). The third-order valence-corrected chi connectivity index (χ3v) is 10.8. The third kappa shape index (κ3) is 27.7. The van der Waals surface area contributed by atoms with E-state index in [-0.39, 0.29) is 11.9 Å². The van der Waals surface area contributed by atoms with Gasteiger partial charge in [-0.1, -0.05) is 168 Å². The second kappa shape index (κ2) is 33.1. The van der Waals surface area contributed by atoms with Gasteiger partial charge in [-0.25, -0.2) is 0 Å². The van der Waals surface area contributed by atoms with Crippen LogP contribution in [0.3, 0.4) is 0 Å².